The largest absolute Gasteiger partial charge is 0.507 e. The quantitative estimate of drug-likeness (QED) is 0.642. The molecule has 1 aliphatic rings. The van der Waals surface area contributed by atoms with Crippen LogP contribution in [0.4, 0.5) is 0 Å². The molecule has 1 aliphatic heterocycles. The van der Waals surface area contributed by atoms with Crippen molar-refractivity contribution in [3.05, 3.63) is 99.0 Å². The minimum atomic E-state index is -0.273. The predicted molar refractivity (Wildman–Crippen MR) is 129 cm³/mol. The van der Waals surface area contributed by atoms with Gasteiger partial charge in [0.2, 0.25) is 0 Å². The number of benzene rings is 2. The molecule has 1 atom stereocenters. The summed E-state index contributed by atoms with van der Waals surface area (Å²) in [6.45, 7) is 11.3. The summed E-state index contributed by atoms with van der Waals surface area (Å²) in [6, 6.07) is 19.8. The van der Waals surface area contributed by atoms with Gasteiger partial charge in [0.15, 0.2) is 0 Å². The molecule has 0 radical (unpaired) electrons. The Labute approximate surface area is 190 Å². The number of nitrogens with zero attached hydrogens (tertiary/aromatic N) is 3. The monoisotopic (exact) mass is 431 g/mol. The summed E-state index contributed by atoms with van der Waals surface area (Å²) in [6.07, 6.45) is 0. The molecule has 2 aromatic carbocycles. The molecule has 3 aromatic rings. The van der Waals surface area contributed by atoms with Gasteiger partial charge in [0, 0.05) is 31.9 Å². The molecule has 5 nitrogen and oxygen atoms in total. The fourth-order valence-corrected chi connectivity index (χ4v) is 4.63. The molecular weight excluding hydrogens is 398 g/mol. The van der Waals surface area contributed by atoms with Gasteiger partial charge in [-0.2, -0.15) is 0 Å². The Morgan fingerprint density at radius 1 is 0.938 bits per heavy atom. The summed E-state index contributed by atoms with van der Waals surface area (Å²) in [5, 5.41) is 11.0. The van der Waals surface area contributed by atoms with Gasteiger partial charge in [-0.1, -0.05) is 67.1 Å². The standard InChI is InChI=1S/C27H33N3O2/c1-4-28-14-16-29(17-15-28)26(23-12-10-20(2)11-13-23)25-24(31)18-21(3)30(27(25)32)19-22-8-6-5-7-9-22/h5-13,18,26,31H,4,14-17,19H2,1-3H3. The number of hydrogen-bond acceptors (Lipinski definition) is 4. The molecule has 0 spiro atoms. The minimum Gasteiger partial charge on any atom is -0.507 e. The number of hydrogen-bond donors (Lipinski definition) is 1. The second-order valence-electron chi connectivity index (χ2n) is 8.74. The van der Waals surface area contributed by atoms with Gasteiger partial charge in [0.1, 0.15) is 5.75 Å². The average Bonchev–Trinajstić information content (AvgIpc) is 2.81. The van der Waals surface area contributed by atoms with Crippen LogP contribution in [-0.2, 0) is 6.54 Å². The van der Waals surface area contributed by atoms with E-state index in [1.807, 2.05) is 37.3 Å². The average molecular weight is 432 g/mol. The van der Waals surface area contributed by atoms with Crippen LogP contribution in [0.2, 0.25) is 0 Å². The summed E-state index contributed by atoms with van der Waals surface area (Å²) in [5.41, 5.74) is 4.41. The molecule has 0 amide bonds. The topological polar surface area (TPSA) is 48.7 Å². The van der Waals surface area contributed by atoms with Gasteiger partial charge in [0.05, 0.1) is 18.2 Å². The van der Waals surface area contributed by atoms with Crippen molar-refractivity contribution >= 4 is 0 Å². The number of pyridine rings is 1. The first-order valence-electron chi connectivity index (χ1n) is 11.5. The van der Waals surface area contributed by atoms with Crippen molar-refractivity contribution < 1.29 is 5.11 Å². The second kappa shape index (κ2) is 9.72. The molecule has 1 fully saturated rings. The number of likely N-dealkylation sites (N-methyl/N-ethyl adjacent to an activating group) is 1. The van der Waals surface area contributed by atoms with Crippen LogP contribution in [0.25, 0.3) is 0 Å². The highest BCUT2D eigenvalue weighted by Gasteiger charge is 2.31. The summed E-state index contributed by atoms with van der Waals surface area (Å²) >= 11 is 0. The molecule has 168 valence electrons. The van der Waals surface area contributed by atoms with E-state index in [4.69, 9.17) is 0 Å². The van der Waals surface area contributed by atoms with Crippen LogP contribution in [0.15, 0.2) is 65.5 Å². The summed E-state index contributed by atoms with van der Waals surface area (Å²) in [4.78, 5) is 18.6. The van der Waals surface area contributed by atoms with Gasteiger partial charge in [-0.05, 0) is 37.6 Å². The van der Waals surface area contributed by atoms with E-state index in [-0.39, 0.29) is 17.4 Å². The summed E-state index contributed by atoms with van der Waals surface area (Å²) in [7, 11) is 0. The zero-order valence-corrected chi connectivity index (χ0v) is 19.3. The lowest BCUT2D eigenvalue weighted by Crippen LogP contribution is -2.48. The molecule has 5 heteroatoms. The van der Waals surface area contributed by atoms with Crippen LogP contribution in [0.3, 0.4) is 0 Å². The van der Waals surface area contributed by atoms with Gasteiger partial charge in [-0.25, -0.2) is 0 Å². The highest BCUT2D eigenvalue weighted by Crippen LogP contribution is 2.33. The third-order valence-corrected chi connectivity index (χ3v) is 6.59. The van der Waals surface area contributed by atoms with Gasteiger partial charge < -0.3 is 14.6 Å². The maximum Gasteiger partial charge on any atom is 0.259 e. The third-order valence-electron chi connectivity index (χ3n) is 6.59. The molecule has 0 saturated carbocycles. The zero-order valence-electron chi connectivity index (χ0n) is 19.3. The van der Waals surface area contributed by atoms with Crippen molar-refractivity contribution in [2.24, 2.45) is 0 Å². The fraction of sp³-hybridized carbons (Fsp3) is 0.370. The Balaban J connectivity index is 1.80. The lowest BCUT2D eigenvalue weighted by Gasteiger charge is -2.39. The van der Waals surface area contributed by atoms with Crippen LogP contribution in [0, 0.1) is 13.8 Å². The minimum absolute atomic E-state index is 0.0836. The molecule has 2 heterocycles. The molecule has 1 saturated heterocycles. The number of piperazine rings is 1. The van der Waals surface area contributed by atoms with E-state index >= 15 is 0 Å². The van der Waals surface area contributed by atoms with Crippen molar-refractivity contribution in [2.75, 3.05) is 32.7 Å². The fourth-order valence-electron chi connectivity index (χ4n) is 4.63. The highest BCUT2D eigenvalue weighted by atomic mass is 16.3. The molecule has 0 bridgehead atoms. The van der Waals surface area contributed by atoms with Crippen LogP contribution in [-0.4, -0.2) is 52.2 Å². The van der Waals surface area contributed by atoms with Crippen LogP contribution in [0.1, 0.15) is 40.9 Å². The van der Waals surface area contributed by atoms with E-state index in [2.05, 4.69) is 47.9 Å². The van der Waals surface area contributed by atoms with Gasteiger partial charge in [-0.3, -0.25) is 9.69 Å². The van der Waals surface area contributed by atoms with Crippen molar-refractivity contribution in [2.45, 2.75) is 33.4 Å². The normalized spacial score (nSPS) is 16.2. The Kier molecular flexibility index (Phi) is 6.77. The lowest BCUT2D eigenvalue weighted by molar-refractivity contribution is 0.111. The first-order chi connectivity index (χ1) is 15.5. The molecular formula is C27H33N3O2. The number of aromatic hydroxyl groups is 1. The zero-order chi connectivity index (χ0) is 22.7. The van der Waals surface area contributed by atoms with Crippen molar-refractivity contribution in [3.63, 3.8) is 0 Å². The SMILES string of the molecule is CCN1CCN(C(c2ccc(C)cc2)c2c(O)cc(C)n(Cc3ccccc3)c2=O)CC1. The Morgan fingerprint density at radius 3 is 2.22 bits per heavy atom. The van der Waals surface area contributed by atoms with Crippen molar-refractivity contribution in [3.8, 4) is 5.75 Å². The van der Waals surface area contributed by atoms with E-state index in [0.29, 0.717) is 12.1 Å². The molecule has 32 heavy (non-hydrogen) atoms. The summed E-state index contributed by atoms with van der Waals surface area (Å²) in [5.74, 6) is 0.0836. The number of rotatable bonds is 6. The Hall–Kier alpha value is -2.89. The maximum absolute atomic E-state index is 13.8. The highest BCUT2D eigenvalue weighted by molar-refractivity contribution is 5.42. The predicted octanol–water partition coefficient (Wildman–Crippen LogP) is 3.95. The van der Waals surface area contributed by atoms with Crippen molar-refractivity contribution in [1.29, 1.82) is 0 Å². The van der Waals surface area contributed by atoms with Gasteiger partial charge in [0.25, 0.3) is 5.56 Å². The lowest BCUT2D eigenvalue weighted by atomic mass is 9.95. The first kappa shape index (κ1) is 22.3. The third kappa shape index (κ3) is 4.64. The molecule has 1 unspecified atom stereocenters. The molecule has 1 aromatic heterocycles. The first-order valence-corrected chi connectivity index (χ1v) is 11.5. The van der Waals surface area contributed by atoms with Gasteiger partial charge >= 0.3 is 0 Å². The summed E-state index contributed by atoms with van der Waals surface area (Å²) < 4.78 is 1.79. The Morgan fingerprint density at radius 2 is 1.59 bits per heavy atom. The van der Waals surface area contributed by atoms with E-state index in [0.717, 1.165) is 49.5 Å². The van der Waals surface area contributed by atoms with E-state index in [9.17, 15) is 9.90 Å². The van der Waals surface area contributed by atoms with Crippen molar-refractivity contribution in [1.82, 2.24) is 14.4 Å². The van der Waals surface area contributed by atoms with Crippen LogP contribution < -0.4 is 5.56 Å². The maximum atomic E-state index is 13.8. The van der Waals surface area contributed by atoms with Crippen LogP contribution in [0.5, 0.6) is 5.75 Å². The van der Waals surface area contributed by atoms with Crippen LogP contribution >= 0.6 is 0 Å². The van der Waals surface area contributed by atoms with E-state index < -0.39 is 0 Å². The number of aryl methyl sites for hydroxylation is 2. The molecule has 1 N–H and O–H groups in total. The molecule has 0 aliphatic carbocycles. The molecule has 4 rings (SSSR count). The smallest absolute Gasteiger partial charge is 0.259 e. The number of aromatic nitrogens is 1. The second-order valence-corrected chi connectivity index (χ2v) is 8.74. The van der Waals surface area contributed by atoms with E-state index in [1.165, 1.54) is 5.56 Å². The Bertz CT molecular complexity index is 1100. The van der Waals surface area contributed by atoms with Gasteiger partial charge in [-0.15, -0.1) is 0 Å². The van der Waals surface area contributed by atoms with E-state index in [1.54, 1.807) is 10.6 Å².